The number of aromatic amines is 1. The molecule has 0 amide bonds. The SMILES string of the molecule is O=C1CCc2[nH]c(=O)ccc2C1. The lowest BCUT2D eigenvalue weighted by atomic mass is 9.95. The second kappa shape index (κ2) is 2.59. The molecule has 62 valence electrons. The van der Waals surface area contributed by atoms with Crippen molar-refractivity contribution in [3.05, 3.63) is 33.7 Å². The van der Waals surface area contributed by atoms with Crippen LogP contribution in [-0.4, -0.2) is 10.8 Å². The molecule has 0 aliphatic heterocycles. The van der Waals surface area contributed by atoms with Crippen molar-refractivity contribution in [1.82, 2.24) is 4.98 Å². The summed E-state index contributed by atoms with van der Waals surface area (Å²) in [6.07, 6.45) is 1.73. The van der Waals surface area contributed by atoms with Crippen LogP contribution in [0.15, 0.2) is 16.9 Å². The molecule has 0 unspecified atom stereocenters. The summed E-state index contributed by atoms with van der Waals surface area (Å²) in [7, 11) is 0. The molecule has 0 saturated heterocycles. The van der Waals surface area contributed by atoms with Crippen molar-refractivity contribution < 1.29 is 4.79 Å². The number of pyridine rings is 1. The number of Topliss-reactive ketones (excluding diaryl/α,β-unsaturated/α-hetero) is 1. The first-order valence-corrected chi connectivity index (χ1v) is 3.98. The Hall–Kier alpha value is -1.38. The number of carbonyl (C=O) groups is 1. The van der Waals surface area contributed by atoms with E-state index in [0.717, 1.165) is 11.3 Å². The molecule has 2 rings (SSSR count). The summed E-state index contributed by atoms with van der Waals surface area (Å²) < 4.78 is 0. The molecule has 1 aliphatic carbocycles. The van der Waals surface area contributed by atoms with Crippen LogP contribution in [0.2, 0.25) is 0 Å². The van der Waals surface area contributed by atoms with Gasteiger partial charge in [0.25, 0.3) is 0 Å². The number of hydrogen-bond donors (Lipinski definition) is 1. The van der Waals surface area contributed by atoms with E-state index in [4.69, 9.17) is 0 Å². The van der Waals surface area contributed by atoms with Gasteiger partial charge in [0.05, 0.1) is 0 Å². The van der Waals surface area contributed by atoms with Crippen molar-refractivity contribution >= 4 is 5.78 Å². The third kappa shape index (κ3) is 1.18. The van der Waals surface area contributed by atoms with Gasteiger partial charge in [0, 0.05) is 24.6 Å². The standard InChI is InChI=1S/C9H9NO2/c11-7-2-3-8-6(5-7)1-4-9(12)10-8/h1,4H,2-3,5H2,(H,10,12). The zero-order chi connectivity index (χ0) is 8.55. The minimum absolute atomic E-state index is 0.0805. The summed E-state index contributed by atoms with van der Waals surface area (Å²) in [5.41, 5.74) is 1.83. The largest absolute Gasteiger partial charge is 0.326 e. The first-order valence-electron chi connectivity index (χ1n) is 3.98. The lowest BCUT2D eigenvalue weighted by molar-refractivity contribution is -0.118. The molecule has 1 heterocycles. The second-order valence-electron chi connectivity index (χ2n) is 3.04. The number of carbonyl (C=O) groups excluding carboxylic acids is 1. The summed E-state index contributed by atoms with van der Waals surface area (Å²) in [6, 6.07) is 3.21. The number of nitrogens with one attached hydrogen (secondary N) is 1. The third-order valence-electron chi connectivity index (χ3n) is 2.14. The summed E-state index contributed by atoms with van der Waals surface area (Å²) in [4.78, 5) is 24.6. The van der Waals surface area contributed by atoms with Crippen molar-refractivity contribution in [2.75, 3.05) is 0 Å². The van der Waals surface area contributed by atoms with Crippen LogP contribution in [0.25, 0.3) is 0 Å². The van der Waals surface area contributed by atoms with Gasteiger partial charge in [-0.25, -0.2) is 0 Å². The van der Waals surface area contributed by atoms with Gasteiger partial charge in [-0.15, -0.1) is 0 Å². The van der Waals surface area contributed by atoms with Crippen molar-refractivity contribution in [2.24, 2.45) is 0 Å². The first-order chi connectivity index (χ1) is 5.75. The Labute approximate surface area is 69.4 Å². The Balaban J connectivity index is 2.49. The Kier molecular flexibility index (Phi) is 1.57. The fourth-order valence-electron chi connectivity index (χ4n) is 1.50. The van der Waals surface area contributed by atoms with E-state index in [1.165, 1.54) is 6.07 Å². The van der Waals surface area contributed by atoms with Gasteiger partial charge in [0.1, 0.15) is 5.78 Å². The third-order valence-corrected chi connectivity index (χ3v) is 2.14. The monoisotopic (exact) mass is 163 g/mol. The van der Waals surface area contributed by atoms with Crippen molar-refractivity contribution in [3.63, 3.8) is 0 Å². The molecular formula is C9H9NO2. The average Bonchev–Trinajstić information content (AvgIpc) is 2.05. The lowest BCUT2D eigenvalue weighted by Gasteiger charge is -2.12. The molecule has 3 nitrogen and oxygen atoms in total. The number of rotatable bonds is 0. The van der Waals surface area contributed by atoms with Crippen LogP contribution in [0.3, 0.4) is 0 Å². The van der Waals surface area contributed by atoms with E-state index in [1.807, 2.05) is 0 Å². The number of aromatic nitrogens is 1. The van der Waals surface area contributed by atoms with E-state index < -0.39 is 0 Å². The van der Waals surface area contributed by atoms with Crippen LogP contribution in [-0.2, 0) is 17.6 Å². The van der Waals surface area contributed by atoms with E-state index in [2.05, 4.69) is 4.98 Å². The molecule has 0 radical (unpaired) electrons. The quantitative estimate of drug-likeness (QED) is 0.603. The molecule has 1 aliphatic rings. The van der Waals surface area contributed by atoms with Gasteiger partial charge in [-0.3, -0.25) is 9.59 Å². The van der Waals surface area contributed by atoms with E-state index in [9.17, 15) is 9.59 Å². The van der Waals surface area contributed by atoms with Gasteiger partial charge >= 0.3 is 0 Å². The second-order valence-corrected chi connectivity index (χ2v) is 3.04. The molecule has 0 spiro atoms. The number of H-pyrrole nitrogens is 1. The maximum atomic E-state index is 11.0. The highest BCUT2D eigenvalue weighted by molar-refractivity contribution is 5.82. The smallest absolute Gasteiger partial charge is 0.248 e. The summed E-state index contributed by atoms with van der Waals surface area (Å²) >= 11 is 0. The van der Waals surface area contributed by atoms with Crippen molar-refractivity contribution in [2.45, 2.75) is 19.3 Å². The van der Waals surface area contributed by atoms with Gasteiger partial charge in [0.15, 0.2) is 0 Å². The molecule has 1 N–H and O–H groups in total. The number of hydrogen-bond acceptors (Lipinski definition) is 2. The highest BCUT2D eigenvalue weighted by Crippen LogP contribution is 2.14. The normalized spacial score (nSPS) is 15.8. The maximum Gasteiger partial charge on any atom is 0.248 e. The Morgan fingerprint density at radius 3 is 2.83 bits per heavy atom. The van der Waals surface area contributed by atoms with E-state index in [0.29, 0.717) is 19.3 Å². The summed E-state index contributed by atoms with van der Waals surface area (Å²) in [5.74, 6) is 0.259. The molecule has 0 aromatic carbocycles. The first kappa shape index (κ1) is 7.28. The molecule has 12 heavy (non-hydrogen) atoms. The van der Waals surface area contributed by atoms with E-state index in [-0.39, 0.29) is 11.3 Å². The van der Waals surface area contributed by atoms with Crippen LogP contribution in [0.4, 0.5) is 0 Å². The molecule has 3 heteroatoms. The van der Waals surface area contributed by atoms with Crippen molar-refractivity contribution in [3.8, 4) is 0 Å². The molecule has 0 bridgehead atoms. The zero-order valence-electron chi connectivity index (χ0n) is 6.59. The molecule has 1 aromatic heterocycles. The van der Waals surface area contributed by atoms with Crippen LogP contribution in [0.5, 0.6) is 0 Å². The van der Waals surface area contributed by atoms with Gasteiger partial charge < -0.3 is 4.98 Å². The van der Waals surface area contributed by atoms with Gasteiger partial charge in [-0.1, -0.05) is 6.07 Å². The molecule has 0 fully saturated rings. The van der Waals surface area contributed by atoms with E-state index >= 15 is 0 Å². The predicted molar refractivity (Wildman–Crippen MR) is 44.1 cm³/mol. The Morgan fingerprint density at radius 1 is 1.17 bits per heavy atom. The summed E-state index contributed by atoms with van der Waals surface area (Å²) in [5, 5.41) is 0. The Morgan fingerprint density at radius 2 is 2.00 bits per heavy atom. The van der Waals surface area contributed by atoms with Crippen LogP contribution in [0.1, 0.15) is 17.7 Å². The minimum Gasteiger partial charge on any atom is -0.326 e. The van der Waals surface area contributed by atoms with Crippen LogP contribution < -0.4 is 5.56 Å². The highest BCUT2D eigenvalue weighted by Gasteiger charge is 2.15. The van der Waals surface area contributed by atoms with Crippen molar-refractivity contribution in [1.29, 1.82) is 0 Å². The van der Waals surface area contributed by atoms with Gasteiger partial charge in [0.2, 0.25) is 5.56 Å². The molecule has 0 saturated carbocycles. The fourth-order valence-corrected chi connectivity index (χ4v) is 1.50. The Bertz CT molecular complexity index is 378. The summed E-state index contributed by atoms with van der Waals surface area (Å²) in [6.45, 7) is 0. The predicted octanol–water partition coefficient (Wildman–Crippen LogP) is 0.433. The van der Waals surface area contributed by atoms with Gasteiger partial charge in [-0.2, -0.15) is 0 Å². The fraction of sp³-hybridized carbons (Fsp3) is 0.333. The lowest BCUT2D eigenvalue weighted by Crippen LogP contribution is -2.18. The molecular weight excluding hydrogens is 154 g/mol. The molecule has 1 aromatic rings. The topological polar surface area (TPSA) is 49.9 Å². The van der Waals surface area contributed by atoms with Gasteiger partial charge in [-0.05, 0) is 12.0 Å². The average molecular weight is 163 g/mol. The number of ketones is 1. The van der Waals surface area contributed by atoms with Crippen LogP contribution >= 0.6 is 0 Å². The van der Waals surface area contributed by atoms with Crippen LogP contribution in [0, 0.1) is 0 Å². The maximum absolute atomic E-state index is 11.0. The zero-order valence-corrected chi connectivity index (χ0v) is 6.59. The molecule has 0 atom stereocenters. The van der Waals surface area contributed by atoms with E-state index in [1.54, 1.807) is 6.07 Å². The minimum atomic E-state index is -0.0805. The number of fused-ring (bicyclic) bond motifs is 1. The highest BCUT2D eigenvalue weighted by atomic mass is 16.1. The number of aryl methyl sites for hydroxylation is 1.